The molecule has 0 radical (unpaired) electrons. The van der Waals surface area contributed by atoms with E-state index in [0.29, 0.717) is 5.82 Å². The van der Waals surface area contributed by atoms with Crippen LogP contribution in [-0.4, -0.2) is 31.3 Å². The first-order valence-corrected chi connectivity index (χ1v) is 7.06. The van der Waals surface area contributed by atoms with Crippen LogP contribution in [-0.2, 0) is 4.79 Å². The smallest absolute Gasteiger partial charge is 0.328 e. The molecule has 0 saturated carbocycles. The van der Waals surface area contributed by atoms with Crippen LogP contribution in [0.3, 0.4) is 0 Å². The quantitative estimate of drug-likeness (QED) is 0.788. The Bertz CT molecular complexity index is 831. The zero-order valence-corrected chi connectivity index (χ0v) is 12.6. The van der Waals surface area contributed by atoms with E-state index < -0.39 is 12.0 Å². The molecule has 0 saturated heterocycles. The minimum absolute atomic E-state index is 0.440. The van der Waals surface area contributed by atoms with Crippen LogP contribution in [0, 0.1) is 0 Å². The molecule has 3 aromatic rings. The number of nitrogens with zero attached hydrogens (tertiary/aromatic N) is 4. The normalized spacial score (nSPS) is 12.5. The highest BCUT2D eigenvalue weighted by molar-refractivity contribution is 9.10. The van der Waals surface area contributed by atoms with E-state index in [0.717, 1.165) is 20.8 Å². The zero-order chi connectivity index (χ0) is 15.0. The van der Waals surface area contributed by atoms with Crippen LogP contribution in [0.1, 0.15) is 13.0 Å². The number of benzene rings is 2. The average molecular weight is 347 g/mol. The molecule has 0 fully saturated rings. The van der Waals surface area contributed by atoms with Gasteiger partial charge >= 0.3 is 5.97 Å². The Morgan fingerprint density at radius 1 is 1.24 bits per heavy atom. The third kappa shape index (κ3) is 2.52. The number of aliphatic carboxylic acids is 1. The van der Waals surface area contributed by atoms with Crippen molar-refractivity contribution in [1.29, 1.82) is 0 Å². The number of carboxylic acid groups (broad SMARTS) is 1. The lowest BCUT2D eigenvalue weighted by Gasteiger charge is -2.09. The molecule has 1 aromatic heterocycles. The summed E-state index contributed by atoms with van der Waals surface area (Å²) in [4.78, 5) is 11.1. The van der Waals surface area contributed by atoms with Gasteiger partial charge in [-0.15, -0.1) is 5.10 Å². The van der Waals surface area contributed by atoms with E-state index in [1.54, 1.807) is 6.92 Å². The van der Waals surface area contributed by atoms with E-state index in [1.165, 1.54) is 4.68 Å². The van der Waals surface area contributed by atoms with Crippen molar-refractivity contribution < 1.29 is 9.90 Å². The molecule has 3 rings (SSSR count). The lowest BCUT2D eigenvalue weighted by atomic mass is 10.1. The predicted molar refractivity (Wildman–Crippen MR) is 80.8 cm³/mol. The van der Waals surface area contributed by atoms with Gasteiger partial charge in [-0.3, -0.25) is 0 Å². The number of carbonyl (C=O) groups is 1. The van der Waals surface area contributed by atoms with E-state index in [2.05, 4.69) is 31.5 Å². The van der Waals surface area contributed by atoms with E-state index in [1.807, 2.05) is 36.4 Å². The monoisotopic (exact) mass is 346 g/mol. The molecule has 1 heterocycles. The fourth-order valence-electron chi connectivity index (χ4n) is 2.10. The summed E-state index contributed by atoms with van der Waals surface area (Å²) >= 11 is 3.43. The summed E-state index contributed by atoms with van der Waals surface area (Å²) in [5.74, 6) is -0.539. The number of rotatable bonds is 3. The van der Waals surface area contributed by atoms with E-state index in [4.69, 9.17) is 5.11 Å². The molecule has 1 atom stereocenters. The molecule has 1 unspecified atom stereocenters. The van der Waals surface area contributed by atoms with Gasteiger partial charge in [0.15, 0.2) is 11.9 Å². The number of fused-ring (bicyclic) bond motifs is 1. The van der Waals surface area contributed by atoms with Crippen molar-refractivity contribution in [3.63, 3.8) is 0 Å². The van der Waals surface area contributed by atoms with Crippen LogP contribution in [0.4, 0.5) is 0 Å². The number of aromatic nitrogens is 4. The van der Waals surface area contributed by atoms with Crippen molar-refractivity contribution in [2.45, 2.75) is 13.0 Å². The molecular formula is C14H11BrN4O2. The van der Waals surface area contributed by atoms with Gasteiger partial charge in [-0.1, -0.05) is 34.1 Å². The summed E-state index contributed by atoms with van der Waals surface area (Å²) in [5.41, 5.74) is 0.780. The molecule has 0 spiro atoms. The molecule has 0 aliphatic heterocycles. The van der Waals surface area contributed by atoms with Gasteiger partial charge in [0, 0.05) is 10.0 Å². The number of halogens is 1. The van der Waals surface area contributed by atoms with Gasteiger partial charge in [-0.05, 0) is 46.3 Å². The third-order valence-electron chi connectivity index (χ3n) is 3.28. The predicted octanol–water partition coefficient (Wildman–Crippen LogP) is 2.90. The van der Waals surface area contributed by atoms with Gasteiger partial charge < -0.3 is 5.11 Å². The summed E-state index contributed by atoms with van der Waals surface area (Å²) < 4.78 is 2.31. The van der Waals surface area contributed by atoms with E-state index in [9.17, 15) is 4.79 Å². The van der Waals surface area contributed by atoms with Crippen molar-refractivity contribution in [3.8, 4) is 11.4 Å². The van der Waals surface area contributed by atoms with Crippen molar-refractivity contribution in [2.75, 3.05) is 0 Å². The Morgan fingerprint density at radius 3 is 2.71 bits per heavy atom. The first kappa shape index (κ1) is 13.7. The van der Waals surface area contributed by atoms with Crippen LogP contribution in [0.5, 0.6) is 0 Å². The molecule has 0 aliphatic carbocycles. The van der Waals surface area contributed by atoms with Crippen molar-refractivity contribution in [1.82, 2.24) is 20.2 Å². The molecular weight excluding hydrogens is 336 g/mol. The van der Waals surface area contributed by atoms with Gasteiger partial charge in [0.2, 0.25) is 0 Å². The molecule has 0 amide bonds. The summed E-state index contributed by atoms with van der Waals surface area (Å²) in [6, 6.07) is 10.9. The SMILES string of the molecule is CC(C(=O)O)n1nnnc1-c1ccc2cc(Br)ccc2c1. The van der Waals surface area contributed by atoms with E-state index in [-0.39, 0.29) is 0 Å². The van der Waals surface area contributed by atoms with Crippen molar-refractivity contribution in [2.24, 2.45) is 0 Å². The fraction of sp³-hybridized carbons (Fsp3) is 0.143. The molecule has 7 heteroatoms. The summed E-state index contributed by atoms with van der Waals surface area (Å²) in [7, 11) is 0. The van der Waals surface area contributed by atoms with Crippen LogP contribution in [0.15, 0.2) is 40.9 Å². The van der Waals surface area contributed by atoms with Crippen LogP contribution < -0.4 is 0 Å². The van der Waals surface area contributed by atoms with Gasteiger partial charge in [0.25, 0.3) is 0 Å². The standard InChI is InChI=1S/C14H11BrN4O2/c1-8(14(20)21)19-13(16-17-18-19)11-3-2-10-7-12(15)5-4-9(10)6-11/h2-8H,1H3,(H,20,21). The summed E-state index contributed by atoms with van der Waals surface area (Å²) in [5, 5.41) is 22.5. The van der Waals surface area contributed by atoms with Crippen molar-refractivity contribution >= 4 is 32.7 Å². The molecule has 106 valence electrons. The molecule has 2 aromatic carbocycles. The maximum atomic E-state index is 11.1. The zero-order valence-electron chi connectivity index (χ0n) is 11.1. The molecule has 0 bridgehead atoms. The molecule has 1 N–H and O–H groups in total. The van der Waals surface area contributed by atoms with Gasteiger partial charge in [-0.2, -0.15) is 0 Å². The average Bonchev–Trinajstić information content (AvgIpc) is 2.95. The van der Waals surface area contributed by atoms with Gasteiger partial charge in [0.05, 0.1) is 0 Å². The molecule has 0 aliphatic rings. The maximum absolute atomic E-state index is 11.1. The van der Waals surface area contributed by atoms with E-state index >= 15 is 0 Å². The van der Waals surface area contributed by atoms with Crippen LogP contribution >= 0.6 is 15.9 Å². The number of hydrogen-bond donors (Lipinski definition) is 1. The van der Waals surface area contributed by atoms with Crippen LogP contribution in [0.25, 0.3) is 22.2 Å². The minimum atomic E-state index is -0.978. The molecule has 21 heavy (non-hydrogen) atoms. The van der Waals surface area contributed by atoms with Crippen molar-refractivity contribution in [3.05, 3.63) is 40.9 Å². The second kappa shape index (κ2) is 5.25. The Hall–Kier alpha value is -2.28. The highest BCUT2D eigenvalue weighted by Gasteiger charge is 2.20. The van der Waals surface area contributed by atoms with Gasteiger partial charge in [0.1, 0.15) is 0 Å². The summed E-state index contributed by atoms with van der Waals surface area (Å²) in [6.45, 7) is 1.54. The maximum Gasteiger partial charge on any atom is 0.328 e. The highest BCUT2D eigenvalue weighted by Crippen LogP contribution is 2.26. The first-order valence-electron chi connectivity index (χ1n) is 6.26. The minimum Gasteiger partial charge on any atom is -0.480 e. The number of carboxylic acids is 1. The molecule has 6 nitrogen and oxygen atoms in total. The van der Waals surface area contributed by atoms with Crippen LogP contribution in [0.2, 0.25) is 0 Å². The largest absolute Gasteiger partial charge is 0.480 e. The highest BCUT2D eigenvalue weighted by atomic mass is 79.9. The fourth-order valence-corrected chi connectivity index (χ4v) is 2.48. The van der Waals surface area contributed by atoms with Gasteiger partial charge in [-0.25, -0.2) is 9.48 Å². The number of hydrogen-bond acceptors (Lipinski definition) is 4. The lowest BCUT2D eigenvalue weighted by molar-refractivity contribution is -0.140. The topological polar surface area (TPSA) is 80.9 Å². The third-order valence-corrected chi connectivity index (χ3v) is 3.77. The lowest BCUT2D eigenvalue weighted by Crippen LogP contribution is -2.18. The Morgan fingerprint density at radius 2 is 1.95 bits per heavy atom. The second-order valence-electron chi connectivity index (χ2n) is 4.67. The summed E-state index contributed by atoms with van der Waals surface area (Å²) in [6.07, 6.45) is 0. The Balaban J connectivity index is 2.11. The Labute approximate surface area is 128 Å². The second-order valence-corrected chi connectivity index (χ2v) is 5.58. The Kier molecular flexibility index (Phi) is 3.42. The first-order chi connectivity index (χ1) is 10.1. The number of tetrazole rings is 1.